The molecule has 0 aliphatic carbocycles. The fraction of sp³-hybridized carbons (Fsp3) is 0.846. The lowest BCUT2D eigenvalue weighted by atomic mass is 9.88. The van der Waals surface area contributed by atoms with Crippen LogP contribution in [0.4, 0.5) is 0 Å². The molecule has 0 aromatic carbocycles. The molecule has 0 spiro atoms. The monoisotopic (exact) mass is 237 g/mol. The minimum Gasteiger partial charge on any atom is -0.374 e. The topological polar surface area (TPSA) is 39.9 Å². The lowest BCUT2D eigenvalue weighted by Gasteiger charge is -2.26. The second-order valence-electron chi connectivity index (χ2n) is 6.16. The first kappa shape index (κ1) is 12.6. The molecule has 1 saturated heterocycles. The predicted molar refractivity (Wildman–Crippen MR) is 66.9 cm³/mol. The van der Waals surface area contributed by atoms with E-state index in [2.05, 4.69) is 56.3 Å². The van der Waals surface area contributed by atoms with Crippen LogP contribution in [0, 0.1) is 5.92 Å². The number of rotatable bonds is 1. The molecule has 0 bridgehead atoms. The predicted octanol–water partition coefficient (Wildman–Crippen LogP) is 2.56. The Morgan fingerprint density at radius 1 is 1.18 bits per heavy atom. The van der Waals surface area contributed by atoms with Crippen LogP contribution in [0.2, 0.25) is 0 Å². The van der Waals surface area contributed by atoms with Crippen LogP contribution in [0.5, 0.6) is 0 Å². The Kier molecular flexibility index (Phi) is 3.02. The van der Waals surface area contributed by atoms with Crippen molar-refractivity contribution < 1.29 is 4.74 Å². The third kappa shape index (κ3) is 2.10. The van der Waals surface area contributed by atoms with E-state index in [1.807, 2.05) is 6.33 Å². The van der Waals surface area contributed by atoms with Crippen LogP contribution in [0.3, 0.4) is 0 Å². The Morgan fingerprint density at radius 3 is 2.29 bits per heavy atom. The van der Waals surface area contributed by atoms with Gasteiger partial charge in [0.1, 0.15) is 12.2 Å². The maximum atomic E-state index is 5.90. The van der Waals surface area contributed by atoms with Gasteiger partial charge in [-0.15, -0.1) is 10.2 Å². The van der Waals surface area contributed by atoms with Crippen LogP contribution in [0.1, 0.15) is 53.3 Å². The van der Waals surface area contributed by atoms with E-state index >= 15 is 0 Å². The van der Waals surface area contributed by atoms with Crippen molar-refractivity contribution in [1.29, 1.82) is 0 Å². The maximum Gasteiger partial charge on any atom is 0.139 e. The van der Waals surface area contributed by atoms with E-state index in [1.165, 1.54) is 0 Å². The SMILES string of the molecule is CC1OC(C)C(c2nncn2C(C)(C)C)C1C. The highest BCUT2D eigenvalue weighted by Gasteiger charge is 2.41. The zero-order chi connectivity index (χ0) is 12.8. The van der Waals surface area contributed by atoms with Crippen LogP contribution in [-0.2, 0) is 10.3 Å². The van der Waals surface area contributed by atoms with Gasteiger partial charge in [-0.1, -0.05) is 6.92 Å². The molecular weight excluding hydrogens is 214 g/mol. The Hall–Kier alpha value is -0.900. The standard InChI is InChI=1S/C13H23N3O/c1-8-9(2)17-10(3)11(8)12-15-14-7-16(12)13(4,5)6/h7-11H,1-6H3. The van der Waals surface area contributed by atoms with Crippen molar-refractivity contribution in [2.24, 2.45) is 5.92 Å². The Labute approximate surface area is 103 Å². The van der Waals surface area contributed by atoms with E-state index < -0.39 is 0 Å². The van der Waals surface area contributed by atoms with Crippen molar-refractivity contribution in [2.75, 3.05) is 0 Å². The summed E-state index contributed by atoms with van der Waals surface area (Å²) in [5, 5.41) is 8.42. The molecule has 1 aromatic heterocycles. The van der Waals surface area contributed by atoms with Gasteiger partial charge in [-0.2, -0.15) is 0 Å². The molecule has 0 N–H and O–H groups in total. The lowest BCUT2D eigenvalue weighted by molar-refractivity contribution is 0.0550. The van der Waals surface area contributed by atoms with Crippen LogP contribution < -0.4 is 0 Å². The molecule has 1 aliphatic heterocycles. The van der Waals surface area contributed by atoms with E-state index in [-0.39, 0.29) is 11.6 Å². The number of ether oxygens (including phenoxy) is 1. The molecule has 1 aromatic rings. The summed E-state index contributed by atoms with van der Waals surface area (Å²) < 4.78 is 8.07. The second-order valence-corrected chi connectivity index (χ2v) is 6.16. The van der Waals surface area contributed by atoms with E-state index in [1.54, 1.807) is 0 Å². The molecule has 0 saturated carbocycles. The van der Waals surface area contributed by atoms with Crippen LogP contribution in [0.25, 0.3) is 0 Å². The van der Waals surface area contributed by atoms with Crippen molar-refractivity contribution in [3.8, 4) is 0 Å². The molecule has 0 radical (unpaired) electrons. The normalized spacial score (nSPS) is 34.2. The number of hydrogen-bond donors (Lipinski definition) is 0. The maximum absolute atomic E-state index is 5.90. The summed E-state index contributed by atoms with van der Waals surface area (Å²) in [5.74, 6) is 1.88. The van der Waals surface area contributed by atoms with Crippen LogP contribution in [-0.4, -0.2) is 27.0 Å². The fourth-order valence-corrected chi connectivity index (χ4v) is 2.70. The Morgan fingerprint density at radius 2 is 1.82 bits per heavy atom. The van der Waals surface area contributed by atoms with Gasteiger partial charge >= 0.3 is 0 Å². The van der Waals surface area contributed by atoms with Gasteiger partial charge in [-0.25, -0.2) is 0 Å². The summed E-state index contributed by atoms with van der Waals surface area (Å²) in [7, 11) is 0. The van der Waals surface area contributed by atoms with Gasteiger partial charge in [-0.05, 0) is 40.5 Å². The average molecular weight is 237 g/mol. The lowest BCUT2D eigenvalue weighted by Crippen LogP contribution is -2.28. The van der Waals surface area contributed by atoms with E-state index in [0.717, 1.165) is 5.82 Å². The first-order chi connectivity index (χ1) is 7.82. The summed E-state index contributed by atoms with van der Waals surface area (Å²) in [6.45, 7) is 13.0. The zero-order valence-corrected chi connectivity index (χ0v) is 11.6. The summed E-state index contributed by atoms with van der Waals surface area (Å²) >= 11 is 0. The molecule has 4 unspecified atom stereocenters. The average Bonchev–Trinajstić information content (AvgIpc) is 2.73. The molecule has 4 nitrogen and oxygen atoms in total. The number of hydrogen-bond acceptors (Lipinski definition) is 3. The van der Waals surface area contributed by atoms with Crippen LogP contribution in [0.15, 0.2) is 6.33 Å². The number of aromatic nitrogens is 3. The minimum absolute atomic E-state index is 0.0180. The van der Waals surface area contributed by atoms with Crippen molar-refractivity contribution in [2.45, 2.75) is 65.2 Å². The van der Waals surface area contributed by atoms with Crippen molar-refractivity contribution in [3.05, 3.63) is 12.2 Å². The molecule has 0 amide bonds. The minimum atomic E-state index is 0.0180. The molecule has 1 fully saturated rings. The third-order valence-corrected chi connectivity index (χ3v) is 3.84. The van der Waals surface area contributed by atoms with Gasteiger partial charge in [0.05, 0.1) is 18.1 Å². The van der Waals surface area contributed by atoms with E-state index in [9.17, 15) is 0 Å². The molecule has 1 aliphatic rings. The van der Waals surface area contributed by atoms with Gasteiger partial charge < -0.3 is 9.30 Å². The molecule has 2 heterocycles. The largest absolute Gasteiger partial charge is 0.374 e. The van der Waals surface area contributed by atoms with Gasteiger partial charge in [0, 0.05) is 5.54 Å². The highest BCUT2D eigenvalue weighted by Crippen LogP contribution is 2.39. The molecule has 4 atom stereocenters. The molecule has 2 rings (SSSR count). The van der Waals surface area contributed by atoms with Crippen molar-refractivity contribution >= 4 is 0 Å². The van der Waals surface area contributed by atoms with Gasteiger partial charge in [0.15, 0.2) is 0 Å². The molecule has 17 heavy (non-hydrogen) atoms. The van der Waals surface area contributed by atoms with Gasteiger partial charge in [0.2, 0.25) is 0 Å². The molecule has 96 valence electrons. The van der Waals surface area contributed by atoms with Crippen LogP contribution >= 0.6 is 0 Å². The number of nitrogens with zero attached hydrogens (tertiary/aromatic N) is 3. The van der Waals surface area contributed by atoms with Crippen molar-refractivity contribution in [3.63, 3.8) is 0 Å². The summed E-state index contributed by atoms with van der Waals surface area (Å²) in [5.41, 5.74) is 0.0180. The van der Waals surface area contributed by atoms with Gasteiger partial charge in [0.25, 0.3) is 0 Å². The van der Waals surface area contributed by atoms with E-state index in [0.29, 0.717) is 17.9 Å². The zero-order valence-electron chi connectivity index (χ0n) is 11.6. The fourth-order valence-electron chi connectivity index (χ4n) is 2.70. The van der Waals surface area contributed by atoms with Crippen molar-refractivity contribution in [1.82, 2.24) is 14.8 Å². The smallest absolute Gasteiger partial charge is 0.139 e. The molecule has 4 heteroatoms. The second kappa shape index (κ2) is 4.09. The highest BCUT2D eigenvalue weighted by molar-refractivity contribution is 5.08. The first-order valence-corrected chi connectivity index (χ1v) is 6.38. The van der Waals surface area contributed by atoms with Gasteiger partial charge in [-0.3, -0.25) is 0 Å². The first-order valence-electron chi connectivity index (χ1n) is 6.38. The Bertz CT molecular complexity index is 394. The summed E-state index contributed by atoms with van der Waals surface area (Å²) in [6.07, 6.45) is 2.34. The van der Waals surface area contributed by atoms with E-state index in [4.69, 9.17) is 4.74 Å². The summed E-state index contributed by atoms with van der Waals surface area (Å²) in [4.78, 5) is 0. The highest BCUT2D eigenvalue weighted by atomic mass is 16.5. The molecular formula is C13H23N3O. The third-order valence-electron chi connectivity index (χ3n) is 3.84. The summed E-state index contributed by atoms with van der Waals surface area (Å²) in [6, 6.07) is 0. The quantitative estimate of drug-likeness (QED) is 0.753. The Balaban J connectivity index is 2.38.